The molecule has 0 bridgehead atoms. The van der Waals surface area contributed by atoms with Gasteiger partial charge in [0.1, 0.15) is 0 Å². The van der Waals surface area contributed by atoms with Crippen LogP contribution < -0.4 is 9.47 Å². The molecule has 0 saturated heterocycles. The van der Waals surface area contributed by atoms with E-state index in [-0.39, 0.29) is 6.61 Å². The lowest BCUT2D eigenvalue weighted by molar-refractivity contribution is 0.280. The molecule has 0 aliphatic rings. The van der Waals surface area contributed by atoms with Gasteiger partial charge in [-0.1, -0.05) is 13.3 Å². The van der Waals surface area contributed by atoms with Crippen molar-refractivity contribution in [1.82, 2.24) is 4.57 Å². The molecule has 0 radical (unpaired) electrons. The van der Waals surface area contributed by atoms with Gasteiger partial charge < -0.3 is 19.1 Å². The molecule has 110 valence electrons. The van der Waals surface area contributed by atoms with Gasteiger partial charge in [0.2, 0.25) is 0 Å². The Bertz CT molecular complexity index is 575. The fourth-order valence-corrected chi connectivity index (χ4v) is 2.58. The largest absolute Gasteiger partial charge is 0.493 e. The monoisotopic (exact) mass is 277 g/mol. The molecule has 0 saturated carbocycles. The number of nitrogens with zero attached hydrogens (tertiary/aromatic N) is 1. The summed E-state index contributed by atoms with van der Waals surface area (Å²) in [5.41, 5.74) is 2.46. The maximum atomic E-state index is 9.03. The lowest BCUT2D eigenvalue weighted by Crippen LogP contribution is -1.99. The topological polar surface area (TPSA) is 43.6 Å². The Hall–Kier alpha value is -1.68. The first kappa shape index (κ1) is 14.7. The predicted octanol–water partition coefficient (Wildman–Crippen LogP) is 2.99. The van der Waals surface area contributed by atoms with E-state index in [1.165, 1.54) is 10.9 Å². The van der Waals surface area contributed by atoms with Crippen LogP contribution in [0.4, 0.5) is 0 Å². The second kappa shape index (κ2) is 6.66. The molecule has 4 heteroatoms. The summed E-state index contributed by atoms with van der Waals surface area (Å²) in [4.78, 5) is 0. The quantitative estimate of drug-likeness (QED) is 0.846. The Morgan fingerprint density at radius 3 is 2.45 bits per heavy atom. The summed E-state index contributed by atoms with van der Waals surface area (Å²) in [5.74, 6) is 1.50. The molecule has 1 heterocycles. The molecule has 1 aromatic heterocycles. The van der Waals surface area contributed by atoms with E-state index in [4.69, 9.17) is 14.6 Å². The fraction of sp³-hybridized carbons (Fsp3) is 0.500. The van der Waals surface area contributed by atoms with Gasteiger partial charge in [-0.25, -0.2) is 0 Å². The van der Waals surface area contributed by atoms with Gasteiger partial charge in [0, 0.05) is 30.8 Å². The molecule has 2 rings (SSSR count). The summed E-state index contributed by atoms with van der Waals surface area (Å²) in [7, 11) is 3.31. The molecule has 1 aromatic carbocycles. The molecule has 0 aliphatic heterocycles. The minimum atomic E-state index is 0.204. The highest BCUT2D eigenvalue weighted by Crippen LogP contribution is 2.35. The van der Waals surface area contributed by atoms with Crippen molar-refractivity contribution in [3.63, 3.8) is 0 Å². The molecule has 0 atom stereocenters. The molecular formula is C16H23NO3. The number of hydrogen-bond donors (Lipinski definition) is 1. The van der Waals surface area contributed by atoms with E-state index >= 15 is 0 Å². The zero-order chi connectivity index (χ0) is 14.5. The molecule has 0 aliphatic carbocycles. The number of hydrogen-bond acceptors (Lipinski definition) is 3. The number of rotatable bonds is 7. The Morgan fingerprint density at radius 2 is 1.85 bits per heavy atom. The van der Waals surface area contributed by atoms with E-state index in [0.717, 1.165) is 42.8 Å². The van der Waals surface area contributed by atoms with E-state index in [2.05, 4.69) is 23.8 Å². The molecule has 0 fully saturated rings. The normalized spacial score (nSPS) is 11.0. The van der Waals surface area contributed by atoms with Crippen molar-refractivity contribution in [1.29, 1.82) is 0 Å². The van der Waals surface area contributed by atoms with Crippen LogP contribution in [0, 0.1) is 0 Å². The zero-order valence-electron chi connectivity index (χ0n) is 12.5. The van der Waals surface area contributed by atoms with E-state index in [0.29, 0.717) is 0 Å². The van der Waals surface area contributed by atoms with E-state index in [9.17, 15) is 0 Å². The first-order valence-electron chi connectivity index (χ1n) is 7.09. The molecule has 20 heavy (non-hydrogen) atoms. The van der Waals surface area contributed by atoms with Crippen LogP contribution in [0.3, 0.4) is 0 Å². The SMILES string of the molecule is CCCc1cn(CCCO)c2cc(OC)c(OC)cc12. The van der Waals surface area contributed by atoms with Gasteiger partial charge in [-0.2, -0.15) is 0 Å². The number of aliphatic hydroxyl groups excluding tert-OH is 1. The summed E-state index contributed by atoms with van der Waals surface area (Å²) in [6.07, 6.45) is 5.08. The van der Waals surface area contributed by atoms with Gasteiger partial charge in [0.15, 0.2) is 11.5 Å². The molecule has 0 amide bonds. The highest BCUT2D eigenvalue weighted by molar-refractivity contribution is 5.87. The average molecular weight is 277 g/mol. The van der Waals surface area contributed by atoms with Crippen LogP contribution in [-0.2, 0) is 13.0 Å². The second-order valence-corrected chi connectivity index (χ2v) is 4.90. The molecular weight excluding hydrogens is 254 g/mol. The van der Waals surface area contributed by atoms with Crippen molar-refractivity contribution in [3.8, 4) is 11.5 Å². The van der Waals surface area contributed by atoms with Gasteiger partial charge >= 0.3 is 0 Å². The number of aromatic nitrogens is 1. The van der Waals surface area contributed by atoms with Gasteiger partial charge in [-0.3, -0.25) is 0 Å². The first-order chi connectivity index (χ1) is 9.74. The summed E-state index contributed by atoms with van der Waals surface area (Å²) < 4.78 is 13.0. The predicted molar refractivity (Wildman–Crippen MR) is 80.7 cm³/mol. The maximum absolute atomic E-state index is 9.03. The standard InChI is InChI=1S/C16H23NO3/c1-4-6-12-11-17(7-5-8-18)14-10-16(20-3)15(19-2)9-13(12)14/h9-11,18H,4-8H2,1-3H3. The van der Waals surface area contributed by atoms with Crippen LogP contribution in [0.5, 0.6) is 11.5 Å². The van der Waals surface area contributed by atoms with Crippen molar-refractivity contribution in [3.05, 3.63) is 23.9 Å². The first-order valence-corrected chi connectivity index (χ1v) is 7.09. The lowest BCUT2D eigenvalue weighted by atomic mass is 10.1. The molecule has 4 nitrogen and oxygen atoms in total. The third-order valence-electron chi connectivity index (χ3n) is 3.55. The number of fused-ring (bicyclic) bond motifs is 1. The third-order valence-corrected chi connectivity index (χ3v) is 3.55. The van der Waals surface area contributed by atoms with Crippen molar-refractivity contribution in [2.75, 3.05) is 20.8 Å². The Labute approximate surface area is 119 Å². The smallest absolute Gasteiger partial charge is 0.162 e. The van der Waals surface area contributed by atoms with Gasteiger partial charge in [0.25, 0.3) is 0 Å². The summed E-state index contributed by atoms with van der Waals surface area (Å²) in [6, 6.07) is 4.07. The zero-order valence-corrected chi connectivity index (χ0v) is 12.5. The maximum Gasteiger partial charge on any atom is 0.162 e. The van der Waals surface area contributed by atoms with Crippen LogP contribution in [-0.4, -0.2) is 30.5 Å². The van der Waals surface area contributed by atoms with Crippen LogP contribution >= 0.6 is 0 Å². The van der Waals surface area contributed by atoms with E-state index in [1.807, 2.05) is 6.07 Å². The fourth-order valence-electron chi connectivity index (χ4n) is 2.58. The number of benzene rings is 1. The average Bonchev–Trinajstić information content (AvgIpc) is 2.81. The molecule has 1 N–H and O–H groups in total. The van der Waals surface area contributed by atoms with Gasteiger partial charge in [-0.05, 0) is 24.5 Å². The molecule has 0 spiro atoms. The molecule has 2 aromatic rings. The van der Waals surface area contributed by atoms with Crippen molar-refractivity contribution in [2.24, 2.45) is 0 Å². The van der Waals surface area contributed by atoms with Crippen molar-refractivity contribution < 1.29 is 14.6 Å². The van der Waals surface area contributed by atoms with E-state index in [1.54, 1.807) is 14.2 Å². The van der Waals surface area contributed by atoms with Gasteiger partial charge in [-0.15, -0.1) is 0 Å². The molecule has 0 unspecified atom stereocenters. The highest BCUT2D eigenvalue weighted by atomic mass is 16.5. The van der Waals surface area contributed by atoms with Crippen molar-refractivity contribution >= 4 is 10.9 Å². The van der Waals surface area contributed by atoms with Crippen LogP contribution in [0.25, 0.3) is 10.9 Å². The second-order valence-electron chi connectivity index (χ2n) is 4.90. The summed E-state index contributed by atoms with van der Waals surface area (Å²) in [5, 5.41) is 10.2. The van der Waals surface area contributed by atoms with E-state index < -0.39 is 0 Å². The number of methoxy groups -OCH3 is 2. The number of aliphatic hydroxyl groups is 1. The summed E-state index contributed by atoms with van der Waals surface area (Å²) in [6.45, 7) is 3.19. The Balaban J connectivity index is 2.56. The Morgan fingerprint density at radius 1 is 1.15 bits per heavy atom. The van der Waals surface area contributed by atoms with Crippen LogP contribution in [0.15, 0.2) is 18.3 Å². The van der Waals surface area contributed by atoms with Crippen LogP contribution in [0.1, 0.15) is 25.3 Å². The Kier molecular flexibility index (Phi) is 4.90. The minimum Gasteiger partial charge on any atom is -0.493 e. The van der Waals surface area contributed by atoms with Gasteiger partial charge in [0.05, 0.1) is 19.7 Å². The summed E-state index contributed by atoms with van der Waals surface area (Å²) >= 11 is 0. The van der Waals surface area contributed by atoms with Crippen LogP contribution in [0.2, 0.25) is 0 Å². The minimum absolute atomic E-state index is 0.204. The third kappa shape index (κ3) is 2.75. The highest BCUT2D eigenvalue weighted by Gasteiger charge is 2.13. The van der Waals surface area contributed by atoms with Crippen molar-refractivity contribution in [2.45, 2.75) is 32.7 Å². The number of ether oxygens (including phenoxy) is 2. The number of aryl methyl sites for hydroxylation is 2. The lowest BCUT2D eigenvalue weighted by Gasteiger charge is -2.09.